The number of aromatic amines is 1. The van der Waals surface area contributed by atoms with Crippen LogP contribution in [0.5, 0.6) is 0 Å². The van der Waals surface area contributed by atoms with Crippen molar-refractivity contribution in [3.8, 4) is 11.1 Å². The molecule has 0 aliphatic carbocycles. The maximum atomic E-state index is 13.8. The molecule has 0 saturated carbocycles. The summed E-state index contributed by atoms with van der Waals surface area (Å²) in [7, 11) is 0. The first-order valence-electron chi connectivity index (χ1n) is 5.65. The summed E-state index contributed by atoms with van der Waals surface area (Å²) in [6.45, 7) is 0. The van der Waals surface area contributed by atoms with Crippen LogP contribution in [0.3, 0.4) is 0 Å². The van der Waals surface area contributed by atoms with Crippen LogP contribution in [0, 0.1) is 5.95 Å². The second-order valence-corrected chi connectivity index (χ2v) is 6.15. The molecule has 0 atom stereocenters. The van der Waals surface area contributed by atoms with E-state index in [0.29, 0.717) is 21.2 Å². The Morgan fingerprint density at radius 2 is 2.20 bits per heavy atom. The highest BCUT2D eigenvalue weighted by molar-refractivity contribution is 8.01. The minimum atomic E-state index is -0.552. The molecular weight excluding hydrogens is 297 g/mol. The van der Waals surface area contributed by atoms with E-state index in [0.717, 1.165) is 10.5 Å². The van der Waals surface area contributed by atoms with Crippen molar-refractivity contribution in [1.82, 2.24) is 15.0 Å². The lowest BCUT2D eigenvalue weighted by Gasteiger charge is -2.02. The quantitative estimate of drug-likeness (QED) is 0.590. The average molecular weight is 305 g/mol. The van der Waals surface area contributed by atoms with Gasteiger partial charge in [-0.1, -0.05) is 0 Å². The highest BCUT2D eigenvalue weighted by Crippen LogP contribution is 2.41. The molecule has 3 rings (SSSR count). The molecule has 0 amide bonds. The van der Waals surface area contributed by atoms with Crippen molar-refractivity contribution in [2.75, 3.05) is 0 Å². The molecule has 0 aromatic carbocycles. The number of carbonyl (C=O) groups is 1. The maximum absolute atomic E-state index is 13.8. The first kappa shape index (κ1) is 13.0. The van der Waals surface area contributed by atoms with Crippen molar-refractivity contribution in [1.29, 1.82) is 0 Å². The van der Waals surface area contributed by atoms with Crippen LogP contribution in [-0.2, 0) is 0 Å². The Labute approximate surface area is 122 Å². The number of imidazole rings is 1. The third-order valence-corrected chi connectivity index (χ3v) is 4.72. The van der Waals surface area contributed by atoms with E-state index in [-0.39, 0.29) is 0 Å². The summed E-state index contributed by atoms with van der Waals surface area (Å²) >= 11 is 2.66. The largest absolute Gasteiger partial charge is 0.339 e. The molecule has 4 nitrogen and oxygen atoms in total. The summed E-state index contributed by atoms with van der Waals surface area (Å²) in [5, 5.41) is 0.690. The van der Waals surface area contributed by atoms with Crippen LogP contribution in [-0.4, -0.2) is 21.2 Å². The van der Waals surface area contributed by atoms with Crippen molar-refractivity contribution in [2.45, 2.75) is 9.37 Å². The molecule has 3 aromatic rings. The second-order valence-electron chi connectivity index (χ2n) is 3.81. The number of hydrogen-bond donors (Lipinski definition) is 1. The van der Waals surface area contributed by atoms with E-state index in [1.807, 2.05) is 0 Å². The van der Waals surface area contributed by atoms with E-state index in [2.05, 4.69) is 15.0 Å². The fourth-order valence-electron chi connectivity index (χ4n) is 1.70. The molecule has 20 heavy (non-hydrogen) atoms. The number of carbonyl (C=O) groups excluding carboxylic acids is 1. The van der Waals surface area contributed by atoms with Gasteiger partial charge in [0.05, 0.1) is 9.09 Å². The van der Waals surface area contributed by atoms with Gasteiger partial charge >= 0.3 is 0 Å². The van der Waals surface area contributed by atoms with Gasteiger partial charge in [-0.3, -0.25) is 4.79 Å². The van der Waals surface area contributed by atoms with E-state index in [1.54, 1.807) is 30.6 Å². The number of pyridine rings is 1. The van der Waals surface area contributed by atoms with Gasteiger partial charge in [0.25, 0.3) is 0 Å². The van der Waals surface area contributed by atoms with E-state index < -0.39 is 5.95 Å². The summed E-state index contributed by atoms with van der Waals surface area (Å²) in [5.74, 6) is -0.552. The standard InChI is InChI=1S/C13H8FN3OS2/c14-11-9(2-1-3-15-11)10-6-8(7-18)19-12(10)20-13-16-4-5-17-13/h1-7H,(H,16,17). The fraction of sp³-hybridized carbons (Fsp3) is 0. The number of aldehydes is 1. The number of rotatable bonds is 4. The Bertz CT molecular complexity index is 740. The van der Waals surface area contributed by atoms with Gasteiger partial charge in [0, 0.05) is 29.7 Å². The molecule has 0 spiro atoms. The molecule has 0 fully saturated rings. The van der Waals surface area contributed by atoms with Gasteiger partial charge in [-0.2, -0.15) is 4.39 Å². The summed E-state index contributed by atoms with van der Waals surface area (Å²) < 4.78 is 14.6. The monoisotopic (exact) mass is 305 g/mol. The Morgan fingerprint density at radius 3 is 2.90 bits per heavy atom. The van der Waals surface area contributed by atoms with Crippen LogP contribution in [0.1, 0.15) is 9.67 Å². The van der Waals surface area contributed by atoms with Gasteiger partial charge in [0.2, 0.25) is 5.95 Å². The molecular formula is C13H8FN3OS2. The predicted octanol–water partition coefficient (Wildman–Crippen LogP) is 3.64. The molecule has 0 saturated heterocycles. The molecule has 1 N–H and O–H groups in total. The number of H-pyrrole nitrogens is 1. The molecule has 3 aromatic heterocycles. The zero-order chi connectivity index (χ0) is 13.9. The van der Waals surface area contributed by atoms with Crippen molar-refractivity contribution in [3.05, 3.63) is 47.6 Å². The highest BCUT2D eigenvalue weighted by Gasteiger charge is 2.16. The van der Waals surface area contributed by atoms with Gasteiger partial charge in [0.1, 0.15) is 0 Å². The normalized spacial score (nSPS) is 10.7. The highest BCUT2D eigenvalue weighted by atomic mass is 32.2. The number of thiophene rings is 1. The Balaban J connectivity index is 2.08. The molecule has 0 aliphatic heterocycles. The zero-order valence-corrected chi connectivity index (χ0v) is 11.7. The summed E-state index contributed by atoms with van der Waals surface area (Å²) in [6.07, 6.45) is 5.50. The van der Waals surface area contributed by atoms with E-state index in [9.17, 15) is 9.18 Å². The third kappa shape index (κ3) is 2.50. The van der Waals surface area contributed by atoms with Gasteiger partial charge in [-0.25, -0.2) is 9.97 Å². The van der Waals surface area contributed by atoms with E-state index in [4.69, 9.17) is 0 Å². The summed E-state index contributed by atoms with van der Waals surface area (Å²) in [4.78, 5) is 22.2. The van der Waals surface area contributed by atoms with Gasteiger partial charge < -0.3 is 4.98 Å². The zero-order valence-electron chi connectivity index (χ0n) is 10.0. The molecule has 0 bridgehead atoms. The van der Waals surface area contributed by atoms with Crippen LogP contribution >= 0.6 is 23.1 Å². The lowest BCUT2D eigenvalue weighted by molar-refractivity contribution is 0.112. The van der Waals surface area contributed by atoms with Gasteiger partial charge in [-0.05, 0) is 30.0 Å². The first-order valence-corrected chi connectivity index (χ1v) is 7.28. The number of nitrogens with one attached hydrogen (secondary N) is 1. The van der Waals surface area contributed by atoms with Crippen molar-refractivity contribution in [3.63, 3.8) is 0 Å². The van der Waals surface area contributed by atoms with E-state index >= 15 is 0 Å². The third-order valence-electron chi connectivity index (χ3n) is 2.54. The molecule has 0 radical (unpaired) electrons. The fourth-order valence-corrected chi connectivity index (χ4v) is 3.80. The lowest BCUT2D eigenvalue weighted by Crippen LogP contribution is -1.87. The topological polar surface area (TPSA) is 58.6 Å². The Kier molecular flexibility index (Phi) is 3.62. The van der Waals surface area contributed by atoms with Crippen molar-refractivity contribution < 1.29 is 9.18 Å². The van der Waals surface area contributed by atoms with Crippen LogP contribution in [0.2, 0.25) is 0 Å². The predicted molar refractivity (Wildman–Crippen MR) is 75.6 cm³/mol. The smallest absolute Gasteiger partial charge is 0.220 e. The molecule has 3 heterocycles. The van der Waals surface area contributed by atoms with Crippen LogP contribution in [0.25, 0.3) is 11.1 Å². The molecule has 0 aliphatic rings. The van der Waals surface area contributed by atoms with Crippen LogP contribution in [0.4, 0.5) is 4.39 Å². The number of halogens is 1. The molecule has 7 heteroatoms. The SMILES string of the molecule is O=Cc1cc(-c2cccnc2F)c(Sc2ncc[nH]2)s1. The van der Waals surface area contributed by atoms with Crippen molar-refractivity contribution >= 4 is 29.4 Å². The van der Waals surface area contributed by atoms with Gasteiger partial charge in [0.15, 0.2) is 11.4 Å². The minimum Gasteiger partial charge on any atom is -0.339 e. The lowest BCUT2D eigenvalue weighted by atomic mass is 10.1. The van der Waals surface area contributed by atoms with Gasteiger partial charge in [-0.15, -0.1) is 11.3 Å². The van der Waals surface area contributed by atoms with Crippen molar-refractivity contribution in [2.24, 2.45) is 0 Å². The summed E-state index contributed by atoms with van der Waals surface area (Å²) in [6, 6.07) is 4.98. The van der Waals surface area contributed by atoms with E-state index in [1.165, 1.54) is 29.3 Å². The maximum Gasteiger partial charge on any atom is 0.220 e. The number of hydrogen-bond acceptors (Lipinski definition) is 5. The minimum absolute atomic E-state index is 0.380. The molecule has 100 valence electrons. The Hall–Kier alpha value is -1.99. The first-order chi connectivity index (χ1) is 9.78. The average Bonchev–Trinajstić information content (AvgIpc) is 3.09. The van der Waals surface area contributed by atoms with Crippen LogP contribution < -0.4 is 0 Å². The summed E-state index contributed by atoms with van der Waals surface area (Å²) in [5.41, 5.74) is 1.04. The van der Waals surface area contributed by atoms with Crippen LogP contribution in [0.15, 0.2) is 46.2 Å². The molecule has 0 unspecified atom stereocenters. The Morgan fingerprint density at radius 1 is 1.30 bits per heavy atom. The second kappa shape index (κ2) is 5.56. The number of nitrogens with zero attached hydrogens (tertiary/aromatic N) is 2. The number of aromatic nitrogens is 3.